The number of carbonyl (C=O) groups is 1. The molecule has 9 heteroatoms. The van der Waals surface area contributed by atoms with Crippen molar-refractivity contribution in [1.82, 2.24) is 19.9 Å². The van der Waals surface area contributed by atoms with Crippen LogP contribution in [0.5, 0.6) is 5.75 Å². The van der Waals surface area contributed by atoms with Crippen LogP contribution in [0.3, 0.4) is 0 Å². The molecule has 2 heterocycles. The van der Waals surface area contributed by atoms with Crippen molar-refractivity contribution in [2.45, 2.75) is 6.54 Å². The summed E-state index contributed by atoms with van der Waals surface area (Å²) < 4.78 is 8.32. The lowest BCUT2D eigenvalue weighted by Crippen LogP contribution is -2.31. The molecule has 0 aliphatic rings. The van der Waals surface area contributed by atoms with E-state index in [1.165, 1.54) is 11.3 Å². The molecule has 2 N–H and O–H groups in total. The number of hydrogen-bond donors (Lipinski definition) is 2. The van der Waals surface area contributed by atoms with Crippen LogP contribution >= 0.6 is 23.7 Å². The first kappa shape index (κ1) is 20.6. The standard InChI is InChI=1S/C20H19N5O2S.ClH/c1-27-16-8-7-15(14-5-3-2-4-6-14)18-17(16)23-20(28-18)24-19(26)22-10-12-25-11-9-21-13-25;/h2-9,11,13H,10,12H2,1H3,(H2,22,23,24,26);1H. The van der Waals surface area contributed by atoms with Crippen molar-refractivity contribution in [2.24, 2.45) is 0 Å². The van der Waals surface area contributed by atoms with Gasteiger partial charge in [-0.3, -0.25) is 5.32 Å². The van der Waals surface area contributed by atoms with Gasteiger partial charge < -0.3 is 14.6 Å². The van der Waals surface area contributed by atoms with E-state index < -0.39 is 0 Å². The van der Waals surface area contributed by atoms with E-state index in [4.69, 9.17) is 4.74 Å². The molecule has 2 aromatic carbocycles. The number of nitrogens with one attached hydrogen (secondary N) is 2. The minimum Gasteiger partial charge on any atom is -0.494 e. The van der Waals surface area contributed by atoms with Crippen molar-refractivity contribution in [2.75, 3.05) is 19.0 Å². The second kappa shape index (κ2) is 9.40. The van der Waals surface area contributed by atoms with Crippen LogP contribution in [0.1, 0.15) is 0 Å². The molecule has 0 aliphatic heterocycles. The average molecular weight is 430 g/mol. The van der Waals surface area contributed by atoms with E-state index in [9.17, 15) is 4.79 Å². The summed E-state index contributed by atoms with van der Waals surface area (Å²) in [6.45, 7) is 1.14. The van der Waals surface area contributed by atoms with Crippen molar-refractivity contribution in [1.29, 1.82) is 0 Å². The molecule has 0 saturated heterocycles. The Kier molecular flexibility index (Phi) is 6.69. The molecule has 0 spiro atoms. The summed E-state index contributed by atoms with van der Waals surface area (Å²) >= 11 is 1.43. The van der Waals surface area contributed by atoms with Gasteiger partial charge in [-0.05, 0) is 17.7 Å². The number of urea groups is 1. The lowest BCUT2D eigenvalue weighted by molar-refractivity contribution is 0.251. The smallest absolute Gasteiger partial charge is 0.321 e. The Morgan fingerprint density at radius 3 is 2.76 bits per heavy atom. The largest absolute Gasteiger partial charge is 0.494 e. The summed E-state index contributed by atoms with van der Waals surface area (Å²) in [6.07, 6.45) is 5.27. The van der Waals surface area contributed by atoms with Crippen LogP contribution in [-0.2, 0) is 6.54 Å². The number of methoxy groups -OCH3 is 1. The Morgan fingerprint density at radius 1 is 1.21 bits per heavy atom. The zero-order chi connectivity index (χ0) is 19.3. The molecule has 0 atom stereocenters. The third-order valence-corrected chi connectivity index (χ3v) is 5.25. The second-order valence-corrected chi connectivity index (χ2v) is 7.06. The molecular weight excluding hydrogens is 410 g/mol. The van der Waals surface area contributed by atoms with E-state index in [0.717, 1.165) is 21.3 Å². The topological polar surface area (TPSA) is 81.1 Å². The van der Waals surface area contributed by atoms with Crippen molar-refractivity contribution in [3.05, 3.63) is 61.2 Å². The van der Waals surface area contributed by atoms with Gasteiger partial charge in [0.15, 0.2) is 5.13 Å². The van der Waals surface area contributed by atoms with Crippen LogP contribution in [-0.4, -0.2) is 34.2 Å². The Bertz CT molecular complexity index is 1080. The normalized spacial score (nSPS) is 10.4. The van der Waals surface area contributed by atoms with Crippen molar-refractivity contribution >= 4 is 45.1 Å². The molecule has 2 aromatic heterocycles. The number of thiazole rings is 1. The Hall–Kier alpha value is -3.10. The third-order valence-electron chi connectivity index (χ3n) is 4.25. The van der Waals surface area contributed by atoms with Crippen LogP contribution in [0.15, 0.2) is 61.2 Å². The summed E-state index contributed by atoms with van der Waals surface area (Å²) in [4.78, 5) is 20.8. The summed E-state index contributed by atoms with van der Waals surface area (Å²) in [5.41, 5.74) is 2.89. The fourth-order valence-electron chi connectivity index (χ4n) is 2.91. The van der Waals surface area contributed by atoms with Crippen LogP contribution in [0, 0.1) is 0 Å². The molecule has 0 radical (unpaired) electrons. The Morgan fingerprint density at radius 2 is 2.03 bits per heavy atom. The minimum absolute atomic E-state index is 0. The molecule has 0 bridgehead atoms. The van der Waals surface area contributed by atoms with Crippen molar-refractivity contribution in [3.8, 4) is 16.9 Å². The van der Waals surface area contributed by atoms with Gasteiger partial charge >= 0.3 is 6.03 Å². The number of aromatic nitrogens is 3. The highest BCUT2D eigenvalue weighted by Crippen LogP contribution is 2.39. The predicted molar refractivity (Wildman–Crippen MR) is 118 cm³/mol. The number of nitrogens with zero attached hydrogens (tertiary/aromatic N) is 3. The quantitative estimate of drug-likeness (QED) is 0.475. The SMILES string of the molecule is COc1ccc(-c2ccccc2)c2sc(NC(=O)NCCn3ccnc3)nc12.Cl. The van der Waals surface area contributed by atoms with Gasteiger partial charge in [-0.15, -0.1) is 12.4 Å². The van der Waals surface area contributed by atoms with Gasteiger partial charge in [0, 0.05) is 31.0 Å². The maximum Gasteiger partial charge on any atom is 0.321 e. The summed E-state index contributed by atoms with van der Waals surface area (Å²) in [5.74, 6) is 0.680. The molecule has 4 aromatic rings. The summed E-state index contributed by atoms with van der Waals surface area (Å²) in [5, 5.41) is 6.17. The number of ether oxygens (including phenoxy) is 1. The molecule has 0 aliphatic carbocycles. The first-order chi connectivity index (χ1) is 13.7. The van der Waals surface area contributed by atoms with Crippen LogP contribution in [0.4, 0.5) is 9.93 Å². The van der Waals surface area contributed by atoms with E-state index in [1.807, 2.05) is 41.1 Å². The van der Waals surface area contributed by atoms with Gasteiger partial charge in [-0.2, -0.15) is 0 Å². The maximum absolute atomic E-state index is 12.2. The van der Waals surface area contributed by atoms with E-state index in [-0.39, 0.29) is 18.4 Å². The summed E-state index contributed by atoms with van der Waals surface area (Å²) in [6, 6.07) is 13.7. The fourth-order valence-corrected chi connectivity index (χ4v) is 3.92. The number of fused-ring (bicyclic) bond motifs is 1. The van der Waals surface area contributed by atoms with Crippen LogP contribution in [0.25, 0.3) is 21.3 Å². The van der Waals surface area contributed by atoms with E-state index in [2.05, 4.69) is 32.7 Å². The number of amides is 2. The average Bonchev–Trinajstić information content (AvgIpc) is 3.37. The first-order valence-electron chi connectivity index (χ1n) is 8.78. The van der Waals surface area contributed by atoms with Gasteiger partial charge in [0.2, 0.25) is 0 Å². The lowest BCUT2D eigenvalue weighted by atomic mass is 10.1. The maximum atomic E-state index is 12.2. The van der Waals surface area contributed by atoms with Crippen LogP contribution in [0.2, 0.25) is 0 Å². The number of imidazole rings is 1. The van der Waals surface area contributed by atoms with Gasteiger partial charge in [-0.1, -0.05) is 41.7 Å². The third kappa shape index (κ3) is 4.67. The minimum atomic E-state index is -0.292. The molecule has 2 amide bonds. The van der Waals surface area contributed by atoms with E-state index in [0.29, 0.717) is 24.0 Å². The lowest BCUT2D eigenvalue weighted by Gasteiger charge is -2.05. The fraction of sp³-hybridized carbons (Fsp3) is 0.150. The molecular formula is C20H20ClN5O2S. The van der Waals surface area contributed by atoms with Gasteiger partial charge in [0.05, 0.1) is 18.1 Å². The number of benzene rings is 2. The van der Waals surface area contributed by atoms with Crippen LogP contribution < -0.4 is 15.4 Å². The molecule has 0 fully saturated rings. The monoisotopic (exact) mass is 429 g/mol. The highest BCUT2D eigenvalue weighted by atomic mass is 35.5. The van der Waals surface area contributed by atoms with Crippen molar-refractivity contribution < 1.29 is 9.53 Å². The Balaban J connectivity index is 0.00000240. The molecule has 7 nitrogen and oxygen atoms in total. The molecule has 0 unspecified atom stereocenters. The second-order valence-electron chi connectivity index (χ2n) is 6.06. The zero-order valence-corrected chi connectivity index (χ0v) is 17.3. The molecule has 29 heavy (non-hydrogen) atoms. The van der Waals surface area contributed by atoms with Gasteiger partial charge in [-0.25, -0.2) is 14.8 Å². The molecule has 4 rings (SSSR count). The first-order valence-corrected chi connectivity index (χ1v) is 9.60. The number of anilines is 1. The van der Waals surface area contributed by atoms with Gasteiger partial charge in [0.25, 0.3) is 0 Å². The van der Waals surface area contributed by atoms with E-state index >= 15 is 0 Å². The molecule has 0 saturated carbocycles. The number of rotatable bonds is 6. The number of halogens is 1. The van der Waals surface area contributed by atoms with E-state index in [1.54, 1.807) is 19.6 Å². The summed E-state index contributed by atoms with van der Waals surface area (Å²) in [7, 11) is 1.62. The number of hydrogen-bond acceptors (Lipinski definition) is 5. The van der Waals surface area contributed by atoms with Crippen molar-refractivity contribution in [3.63, 3.8) is 0 Å². The van der Waals surface area contributed by atoms with Gasteiger partial charge in [0.1, 0.15) is 11.3 Å². The zero-order valence-electron chi connectivity index (χ0n) is 15.7. The molecule has 150 valence electrons. The number of carbonyl (C=O) groups excluding carboxylic acids is 1. The highest BCUT2D eigenvalue weighted by Gasteiger charge is 2.15. The highest BCUT2D eigenvalue weighted by molar-refractivity contribution is 7.23. The predicted octanol–water partition coefficient (Wildman–Crippen LogP) is 4.41. The Labute approximate surface area is 178 Å².